The van der Waals surface area contributed by atoms with Crippen molar-refractivity contribution in [2.24, 2.45) is 0 Å². The molecule has 0 fully saturated rings. The number of para-hydroxylation sites is 2. The van der Waals surface area contributed by atoms with Gasteiger partial charge in [0.25, 0.3) is 0 Å². The molecule has 3 aromatic rings. The molecule has 0 spiro atoms. The zero-order valence-electron chi connectivity index (χ0n) is 16.0. The number of ether oxygens (including phenoxy) is 1. The van der Waals surface area contributed by atoms with Crippen molar-refractivity contribution in [2.75, 3.05) is 25.0 Å². The van der Waals surface area contributed by atoms with Crippen molar-refractivity contribution in [3.8, 4) is 5.75 Å². The molecular weight excluding hydrogens is 370 g/mol. The number of anilines is 1. The number of nitrogens with one attached hydrogen (secondary N) is 2. The van der Waals surface area contributed by atoms with E-state index in [0.717, 1.165) is 11.1 Å². The molecule has 7 heteroatoms. The van der Waals surface area contributed by atoms with E-state index in [1.165, 1.54) is 11.5 Å². The summed E-state index contributed by atoms with van der Waals surface area (Å²) in [4.78, 5) is 22.4. The molecule has 0 saturated heterocycles. The average Bonchev–Trinajstić information content (AvgIpc) is 2.74. The maximum Gasteiger partial charge on any atom is 0.310 e. The van der Waals surface area contributed by atoms with E-state index in [1.54, 1.807) is 18.2 Å². The van der Waals surface area contributed by atoms with E-state index in [0.29, 0.717) is 25.9 Å². The van der Waals surface area contributed by atoms with E-state index < -0.39 is 4.92 Å². The molecule has 0 bridgehead atoms. The van der Waals surface area contributed by atoms with Crippen molar-refractivity contribution in [1.29, 1.82) is 0 Å². The number of nitro benzene ring substituents is 1. The van der Waals surface area contributed by atoms with Gasteiger partial charge in [0.15, 0.2) is 5.75 Å². The van der Waals surface area contributed by atoms with Crippen LogP contribution in [0.15, 0.2) is 66.7 Å². The van der Waals surface area contributed by atoms with Crippen molar-refractivity contribution in [3.05, 3.63) is 76.8 Å². The molecule has 0 aliphatic heterocycles. The molecule has 0 saturated carbocycles. The summed E-state index contributed by atoms with van der Waals surface area (Å²) in [5.41, 5.74) is 0.965. The number of benzene rings is 3. The van der Waals surface area contributed by atoms with Crippen LogP contribution in [0.3, 0.4) is 0 Å². The van der Waals surface area contributed by atoms with Gasteiger partial charge >= 0.3 is 5.69 Å². The Hall–Kier alpha value is -3.61. The highest BCUT2D eigenvalue weighted by atomic mass is 16.6. The van der Waals surface area contributed by atoms with Gasteiger partial charge in [0, 0.05) is 36.7 Å². The Morgan fingerprint density at radius 3 is 2.59 bits per heavy atom. The number of carbonyl (C=O) groups is 1. The van der Waals surface area contributed by atoms with Crippen LogP contribution in [-0.4, -0.2) is 30.5 Å². The molecule has 0 aliphatic rings. The van der Waals surface area contributed by atoms with Crippen molar-refractivity contribution in [3.63, 3.8) is 0 Å². The van der Waals surface area contributed by atoms with Crippen LogP contribution in [0.1, 0.15) is 12.8 Å². The summed E-state index contributed by atoms with van der Waals surface area (Å²) in [5, 5.41) is 19.5. The van der Waals surface area contributed by atoms with E-state index in [1.807, 2.05) is 24.3 Å². The first-order chi connectivity index (χ1) is 14.1. The normalized spacial score (nSPS) is 10.5. The summed E-state index contributed by atoms with van der Waals surface area (Å²) in [6.07, 6.45) is 0.781. The molecule has 0 aromatic heterocycles. The predicted molar refractivity (Wildman–Crippen MR) is 113 cm³/mol. The number of carbonyl (C=O) groups excluding carboxylic acids is 1. The number of fused-ring (bicyclic) bond motifs is 1. The van der Waals surface area contributed by atoms with Crippen molar-refractivity contribution in [2.45, 2.75) is 12.8 Å². The predicted octanol–water partition coefficient (Wildman–Crippen LogP) is 4.14. The van der Waals surface area contributed by atoms with E-state index >= 15 is 0 Å². The number of hydrogen-bond donors (Lipinski definition) is 2. The smallest absolute Gasteiger partial charge is 0.310 e. The first-order valence-corrected chi connectivity index (χ1v) is 9.50. The first-order valence-electron chi connectivity index (χ1n) is 9.50. The molecular formula is C22H23N3O4. The minimum Gasteiger partial charge on any atom is -0.487 e. The molecule has 3 aromatic carbocycles. The minimum atomic E-state index is -0.481. The van der Waals surface area contributed by atoms with Crippen LogP contribution >= 0.6 is 0 Å². The van der Waals surface area contributed by atoms with Gasteiger partial charge in [-0.1, -0.05) is 48.5 Å². The quantitative estimate of drug-likeness (QED) is 0.307. The Labute approximate surface area is 168 Å². The van der Waals surface area contributed by atoms with Gasteiger partial charge in [-0.2, -0.15) is 0 Å². The Morgan fingerprint density at radius 1 is 0.966 bits per heavy atom. The number of amides is 1. The fourth-order valence-corrected chi connectivity index (χ4v) is 3.01. The van der Waals surface area contributed by atoms with Crippen LogP contribution in [0.4, 0.5) is 11.4 Å². The highest BCUT2D eigenvalue weighted by Crippen LogP contribution is 2.26. The van der Waals surface area contributed by atoms with Crippen molar-refractivity contribution in [1.82, 2.24) is 5.32 Å². The summed E-state index contributed by atoms with van der Waals surface area (Å²) in [7, 11) is 0. The number of hydrogen-bond acceptors (Lipinski definition) is 5. The molecule has 0 heterocycles. The van der Waals surface area contributed by atoms with E-state index in [9.17, 15) is 14.9 Å². The zero-order valence-corrected chi connectivity index (χ0v) is 16.0. The molecule has 3 rings (SSSR count). The zero-order chi connectivity index (χ0) is 20.5. The van der Waals surface area contributed by atoms with Crippen LogP contribution < -0.4 is 15.4 Å². The summed E-state index contributed by atoms with van der Waals surface area (Å²) >= 11 is 0. The van der Waals surface area contributed by atoms with Crippen LogP contribution in [0.25, 0.3) is 10.8 Å². The van der Waals surface area contributed by atoms with Gasteiger partial charge in [0.2, 0.25) is 5.91 Å². The van der Waals surface area contributed by atoms with Crippen LogP contribution in [-0.2, 0) is 4.79 Å². The van der Waals surface area contributed by atoms with Gasteiger partial charge in [0.1, 0.15) is 0 Å². The second-order valence-corrected chi connectivity index (χ2v) is 6.48. The second-order valence-electron chi connectivity index (χ2n) is 6.48. The third-order valence-electron chi connectivity index (χ3n) is 4.42. The molecule has 29 heavy (non-hydrogen) atoms. The molecule has 0 atom stereocenters. The van der Waals surface area contributed by atoms with Crippen LogP contribution in [0.5, 0.6) is 5.75 Å². The van der Waals surface area contributed by atoms with Gasteiger partial charge in [-0.05, 0) is 23.9 Å². The summed E-state index contributed by atoms with van der Waals surface area (Å²) in [5.74, 6) is 0.146. The summed E-state index contributed by atoms with van der Waals surface area (Å²) in [6.45, 7) is 1.37. The van der Waals surface area contributed by atoms with Gasteiger partial charge in [0.05, 0.1) is 11.5 Å². The van der Waals surface area contributed by atoms with Crippen LogP contribution in [0, 0.1) is 10.1 Å². The fraction of sp³-hybridized carbons (Fsp3) is 0.227. The van der Waals surface area contributed by atoms with Crippen molar-refractivity contribution >= 4 is 28.1 Å². The monoisotopic (exact) mass is 393 g/mol. The first kappa shape index (κ1) is 20.1. The van der Waals surface area contributed by atoms with E-state index in [-0.39, 0.29) is 24.0 Å². The standard InChI is InChI=1S/C22H23N3O4/c26-22(13-6-16-29-21-12-4-3-11-20(21)25(27)28)24-15-14-23-19-10-5-8-17-7-1-2-9-18(17)19/h1-5,7-12,23H,6,13-16H2,(H,24,26). The van der Waals surface area contributed by atoms with Gasteiger partial charge in [-0.3, -0.25) is 14.9 Å². The number of nitro groups is 1. The number of nitrogens with zero attached hydrogens (tertiary/aromatic N) is 1. The van der Waals surface area contributed by atoms with Crippen LogP contribution in [0.2, 0.25) is 0 Å². The minimum absolute atomic E-state index is 0.0727. The lowest BCUT2D eigenvalue weighted by Gasteiger charge is -2.11. The highest BCUT2D eigenvalue weighted by molar-refractivity contribution is 5.93. The lowest BCUT2D eigenvalue weighted by Crippen LogP contribution is -2.28. The largest absolute Gasteiger partial charge is 0.487 e. The molecule has 0 radical (unpaired) electrons. The van der Waals surface area contributed by atoms with E-state index in [2.05, 4.69) is 28.8 Å². The Balaban J connectivity index is 1.35. The molecule has 7 nitrogen and oxygen atoms in total. The maximum absolute atomic E-state index is 12.0. The topological polar surface area (TPSA) is 93.5 Å². The highest BCUT2D eigenvalue weighted by Gasteiger charge is 2.13. The Bertz CT molecular complexity index is 985. The Kier molecular flexibility index (Phi) is 7.00. The fourth-order valence-electron chi connectivity index (χ4n) is 3.01. The Morgan fingerprint density at radius 2 is 1.72 bits per heavy atom. The summed E-state index contributed by atoms with van der Waals surface area (Å²) in [6, 6.07) is 20.4. The molecule has 0 aliphatic carbocycles. The molecule has 0 unspecified atom stereocenters. The molecule has 150 valence electrons. The van der Waals surface area contributed by atoms with Gasteiger partial charge in [-0.25, -0.2) is 0 Å². The third-order valence-corrected chi connectivity index (χ3v) is 4.42. The van der Waals surface area contributed by atoms with Gasteiger partial charge in [-0.15, -0.1) is 0 Å². The lowest BCUT2D eigenvalue weighted by molar-refractivity contribution is -0.385. The average molecular weight is 393 g/mol. The van der Waals surface area contributed by atoms with E-state index in [4.69, 9.17) is 4.74 Å². The SMILES string of the molecule is O=C(CCCOc1ccccc1[N+](=O)[O-])NCCNc1cccc2ccccc12. The number of rotatable bonds is 10. The lowest BCUT2D eigenvalue weighted by atomic mass is 10.1. The molecule has 2 N–H and O–H groups in total. The van der Waals surface area contributed by atoms with Gasteiger partial charge < -0.3 is 15.4 Å². The maximum atomic E-state index is 12.0. The second kappa shape index (κ2) is 10.1. The molecule has 1 amide bonds. The van der Waals surface area contributed by atoms with Crippen molar-refractivity contribution < 1.29 is 14.5 Å². The third kappa shape index (κ3) is 5.68. The summed E-state index contributed by atoms with van der Waals surface area (Å²) < 4.78 is 5.44.